The molecule has 0 unspecified atom stereocenters. The Morgan fingerprint density at radius 3 is 2.43 bits per heavy atom. The van der Waals surface area contributed by atoms with Gasteiger partial charge in [0.05, 0.1) is 26.9 Å². The maximum atomic E-state index is 11.3. The first kappa shape index (κ1) is 25.1. The number of methoxy groups -OCH3 is 2. The fraction of sp³-hybridized carbons (Fsp3) is 0.400. The van der Waals surface area contributed by atoms with Gasteiger partial charge in [-0.05, 0) is 66.1 Å². The van der Waals surface area contributed by atoms with Gasteiger partial charge in [0.1, 0.15) is 17.2 Å². The number of ether oxygens (including phenoxy) is 4. The van der Waals surface area contributed by atoms with Crippen LogP contribution in [0.1, 0.15) is 48.6 Å². The summed E-state index contributed by atoms with van der Waals surface area (Å²) < 4.78 is 23.5. The molecular weight excluding hydrogens is 472 g/mol. The molecule has 0 radical (unpaired) electrons. The van der Waals surface area contributed by atoms with Gasteiger partial charge in [0.2, 0.25) is 5.75 Å². The first-order valence-corrected chi connectivity index (χ1v) is 12.7. The van der Waals surface area contributed by atoms with Gasteiger partial charge in [-0.1, -0.05) is 19.9 Å². The van der Waals surface area contributed by atoms with Crippen molar-refractivity contribution in [3.63, 3.8) is 0 Å². The molecule has 3 aromatic rings. The smallest absolute Gasteiger partial charge is 0.200 e. The number of aliphatic hydroxyl groups is 1. The lowest BCUT2D eigenvalue weighted by atomic mass is 9.80. The molecule has 0 spiro atoms. The number of hydrogen-bond acceptors (Lipinski definition) is 7. The number of fused-ring (bicyclic) bond motifs is 5. The van der Waals surface area contributed by atoms with Gasteiger partial charge in [-0.3, -0.25) is 0 Å². The first-order valence-electron chi connectivity index (χ1n) is 12.7. The molecule has 2 aliphatic rings. The number of aliphatic hydroxyl groups excluding tert-OH is 1. The summed E-state index contributed by atoms with van der Waals surface area (Å²) in [6, 6.07) is 10.7. The third-order valence-corrected chi connectivity index (χ3v) is 7.27. The molecule has 0 amide bonds. The van der Waals surface area contributed by atoms with Crippen molar-refractivity contribution in [1.29, 1.82) is 0 Å². The molecule has 7 nitrogen and oxygen atoms in total. The fourth-order valence-electron chi connectivity index (χ4n) is 5.34. The lowest BCUT2D eigenvalue weighted by molar-refractivity contribution is 0.0201. The topological polar surface area (TPSA) is 97.6 Å². The van der Waals surface area contributed by atoms with Crippen LogP contribution in [-0.2, 0) is 19.3 Å². The fourth-order valence-corrected chi connectivity index (χ4v) is 5.34. The quantitative estimate of drug-likeness (QED) is 0.398. The molecule has 0 saturated carbocycles. The average molecular weight is 507 g/mol. The minimum Gasteiger partial charge on any atom is -0.508 e. The highest BCUT2D eigenvalue weighted by molar-refractivity contribution is 5.82. The molecule has 0 bridgehead atoms. The largest absolute Gasteiger partial charge is 0.508 e. The highest BCUT2D eigenvalue weighted by Gasteiger charge is 2.36. The summed E-state index contributed by atoms with van der Waals surface area (Å²) in [6.07, 6.45) is 1.30. The second-order valence-electron chi connectivity index (χ2n) is 10.2. The molecular formula is C30H34O7. The normalized spacial score (nSPS) is 17.9. The molecule has 1 aliphatic carbocycles. The monoisotopic (exact) mass is 506 g/mol. The van der Waals surface area contributed by atoms with Gasteiger partial charge in [-0.2, -0.15) is 0 Å². The van der Waals surface area contributed by atoms with Crippen LogP contribution in [0.3, 0.4) is 0 Å². The molecule has 5 rings (SSSR count). The van der Waals surface area contributed by atoms with Gasteiger partial charge < -0.3 is 34.3 Å². The van der Waals surface area contributed by atoms with E-state index in [2.05, 4.69) is 13.8 Å². The van der Waals surface area contributed by atoms with Crippen molar-refractivity contribution in [2.45, 2.75) is 51.7 Å². The standard InChI is InChI=1S/C30H34O7/c1-16(2)9-10-36-27-13-18(12-26(35-4)29(27)33)30-23(32)14-22-21-7-5-17-11-19(31)6-8-20(17)28(21)25(34-3)15-24(22)37-30/h6,8,11-13,15-16,23,30-33H,5,7,9-10,14H2,1-4H3/t23-,30-/m1/s1. The Bertz CT molecular complexity index is 1310. The second-order valence-corrected chi connectivity index (χ2v) is 10.2. The summed E-state index contributed by atoms with van der Waals surface area (Å²) in [5, 5.41) is 31.8. The Hall–Kier alpha value is -3.58. The van der Waals surface area contributed by atoms with Crippen LogP contribution in [0.5, 0.6) is 34.5 Å². The Morgan fingerprint density at radius 1 is 0.946 bits per heavy atom. The Balaban J connectivity index is 1.53. The van der Waals surface area contributed by atoms with Crippen LogP contribution < -0.4 is 18.9 Å². The molecule has 1 aliphatic heterocycles. The second kappa shape index (κ2) is 10.1. The van der Waals surface area contributed by atoms with Crippen LogP contribution in [0.2, 0.25) is 0 Å². The number of aryl methyl sites for hydroxylation is 1. The SMILES string of the molecule is COc1cc([C@H]2Oc3cc(OC)c4c(c3C[C@H]2O)CCc2cc(O)ccc2-4)cc(OCCC(C)C)c1O. The van der Waals surface area contributed by atoms with E-state index in [0.29, 0.717) is 41.8 Å². The summed E-state index contributed by atoms with van der Waals surface area (Å²) in [4.78, 5) is 0. The Morgan fingerprint density at radius 2 is 1.70 bits per heavy atom. The van der Waals surface area contributed by atoms with Crippen molar-refractivity contribution in [2.24, 2.45) is 5.92 Å². The van der Waals surface area contributed by atoms with Crippen molar-refractivity contribution < 1.29 is 34.3 Å². The van der Waals surface area contributed by atoms with Crippen LogP contribution in [0.15, 0.2) is 36.4 Å². The van der Waals surface area contributed by atoms with Crippen LogP contribution >= 0.6 is 0 Å². The van der Waals surface area contributed by atoms with Crippen molar-refractivity contribution in [3.05, 3.63) is 58.7 Å². The lowest BCUT2D eigenvalue weighted by Crippen LogP contribution is -2.31. The molecule has 3 aromatic carbocycles. The van der Waals surface area contributed by atoms with E-state index in [0.717, 1.165) is 47.1 Å². The zero-order chi connectivity index (χ0) is 26.3. The average Bonchev–Trinajstić information content (AvgIpc) is 2.88. The zero-order valence-electron chi connectivity index (χ0n) is 21.7. The predicted molar refractivity (Wildman–Crippen MR) is 140 cm³/mol. The van der Waals surface area contributed by atoms with E-state index in [-0.39, 0.29) is 17.2 Å². The van der Waals surface area contributed by atoms with E-state index in [1.165, 1.54) is 7.11 Å². The number of hydrogen-bond donors (Lipinski definition) is 3. The molecule has 7 heteroatoms. The van der Waals surface area contributed by atoms with E-state index in [4.69, 9.17) is 18.9 Å². The molecule has 2 atom stereocenters. The van der Waals surface area contributed by atoms with Crippen LogP contribution in [0, 0.1) is 5.92 Å². The summed E-state index contributed by atoms with van der Waals surface area (Å²) in [7, 11) is 3.12. The molecule has 3 N–H and O–H groups in total. The van der Waals surface area contributed by atoms with Crippen LogP contribution in [0.25, 0.3) is 11.1 Å². The maximum Gasteiger partial charge on any atom is 0.200 e. The van der Waals surface area contributed by atoms with Gasteiger partial charge in [0.25, 0.3) is 0 Å². The highest BCUT2D eigenvalue weighted by Crippen LogP contribution is 2.50. The first-order chi connectivity index (χ1) is 17.8. The number of rotatable bonds is 7. The van der Waals surface area contributed by atoms with E-state index in [9.17, 15) is 15.3 Å². The summed E-state index contributed by atoms with van der Waals surface area (Å²) in [5.74, 6) is 2.57. The van der Waals surface area contributed by atoms with Gasteiger partial charge in [0, 0.05) is 29.2 Å². The van der Waals surface area contributed by atoms with Gasteiger partial charge >= 0.3 is 0 Å². The third kappa shape index (κ3) is 4.64. The Labute approximate surface area is 217 Å². The van der Waals surface area contributed by atoms with E-state index < -0.39 is 12.2 Å². The lowest BCUT2D eigenvalue weighted by Gasteiger charge is -2.35. The van der Waals surface area contributed by atoms with Crippen LogP contribution in [-0.4, -0.2) is 42.3 Å². The number of phenolic OH excluding ortho intramolecular Hbond substituents is 2. The minimum absolute atomic E-state index is 0.0684. The highest BCUT2D eigenvalue weighted by atomic mass is 16.5. The van der Waals surface area contributed by atoms with Crippen molar-refractivity contribution in [2.75, 3.05) is 20.8 Å². The van der Waals surface area contributed by atoms with Crippen LogP contribution in [0.4, 0.5) is 0 Å². The van der Waals surface area contributed by atoms with E-state index in [1.54, 1.807) is 31.4 Å². The van der Waals surface area contributed by atoms with Gasteiger partial charge in [-0.15, -0.1) is 0 Å². The number of aromatic hydroxyl groups is 2. The summed E-state index contributed by atoms with van der Waals surface area (Å²) in [5.41, 5.74) is 5.82. The van der Waals surface area contributed by atoms with Crippen molar-refractivity contribution in [3.8, 4) is 45.6 Å². The van der Waals surface area contributed by atoms with Crippen molar-refractivity contribution in [1.82, 2.24) is 0 Å². The maximum absolute atomic E-state index is 11.3. The Kier molecular flexibility index (Phi) is 6.82. The summed E-state index contributed by atoms with van der Waals surface area (Å²) >= 11 is 0. The third-order valence-electron chi connectivity index (χ3n) is 7.27. The molecule has 37 heavy (non-hydrogen) atoms. The molecule has 0 aromatic heterocycles. The molecule has 196 valence electrons. The zero-order valence-corrected chi connectivity index (χ0v) is 21.7. The van der Waals surface area contributed by atoms with E-state index >= 15 is 0 Å². The van der Waals surface area contributed by atoms with Gasteiger partial charge in [-0.25, -0.2) is 0 Å². The minimum atomic E-state index is -0.816. The molecule has 1 heterocycles. The van der Waals surface area contributed by atoms with Crippen molar-refractivity contribution >= 4 is 0 Å². The van der Waals surface area contributed by atoms with E-state index in [1.807, 2.05) is 12.1 Å². The number of benzene rings is 3. The molecule has 0 saturated heterocycles. The van der Waals surface area contributed by atoms with Gasteiger partial charge in [0.15, 0.2) is 17.6 Å². The number of phenols is 2. The summed E-state index contributed by atoms with van der Waals surface area (Å²) in [6.45, 7) is 4.68. The molecule has 0 fully saturated rings. The predicted octanol–water partition coefficient (Wildman–Crippen LogP) is 5.34.